The van der Waals surface area contributed by atoms with Crippen LogP contribution in [0.3, 0.4) is 0 Å². The smallest absolute Gasteiger partial charge is 0.267 e. The first kappa shape index (κ1) is 17.0. The Labute approximate surface area is 158 Å². The SMILES string of the molecule is O=C1/C(=C/c2cccnc2)SC(=Nc2ccccc2)N1C1CCCCC1. The zero-order chi connectivity index (χ0) is 17.8. The third-order valence-electron chi connectivity index (χ3n) is 4.74. The van der Waals surface area contributed by atoms with Gasteiger partial charge in [-0.2, -0.15) is 0 Å². The van der Waals surface area contributed by atoms with Crippen molar-refractivity contribution in [3.63, 3.8) is 0 Å². The van der Waals surface area contributed by atoms with Crippen molar-refractivity contribution in [3.8, 4) is 0 Å². The number of hydrogen-bond acceptors (Lipinski definition) is 4. The van der Waals surface area contributed by atoms with E-state index in [-0.39, 0.29) is 11.9 Å². The molecule has 0 bridgehead atoms. The summed E-state index contributed by atoms with van der Waals surface area (Å²) < 4.78 is 0. The Morgan fingerprint density at radius 1 is 1.08 bits per heavy atom. The molecule has 1 amide bonds. The molecule has 26 heavy (non-hydrogen) atoms. The van der Waals surface area contributed by atoms with E-state index in [1.54, 1.807) is 12.4 Å². The van der Waals surface area contributed by atoms with Crippen LogP contribution in [0.25, 0.3) is 6.08 Å². The van der Waals surface area contributed by atoms with Gasteiger partial charge in [-0.15, -0.1) is 0 Å². The first-order chi connectivity index (χ1) is 12.8. The minimum Gasteiger partial charge on any atom is -0.283 e. The number of carbonyl (C=O) groups excluding carboxylic acids is 1. The monoisotopic (exact) mass is 363 g/mol. The summed E-state index contributed by atoms with van der Waals surface area (Å²) in [6.45, 7) is 0. The number of hydrogen-bond donors (Lipinski definition) is 0. The molecule has 0 spiro atoms. The number of carbonyl (C=O) groups is 1. The van der Waals surface area contributed by atoms with E-state index < -0.39 is 0 Å². The number of pyridine rings is 1. The highest BCUT2D eigenvalue weighted by Gasteiger charge is 2.38. The number of nitrogens with zero attached hydrogens (tertiary/aromatic N) is 3. The molecule has 2 heterocycles. The van der Waals surface area contributed by atoms with Crippen LogP contribution in [0.2, 0.25) is 0 Å². The molecule has 1 saturated heterocycles. The first-order valence-corrected chi connectivity index (χ1v) is 9.90. The first-order valence-electron chi connectivity index (χ1n) is 9.08. The molecule has 4 nitrogen and oxygen atoms in total. The molecule has 1 aliphatic heterocycles. The van der Waals surface area contributed by atoms with Crippen molar-refractivity contribution in [2.45, 2.75) is 38.1 Å². The third-order valence-corrected chi connectivity index (χ3v) is 5.72. The van der Waals surface area contributed by atoms with Crippen LogP contribution in [0.1, 0.15) is 37.7 Å². The van der Waals surface area contributed by atoms with Crippen LogP contribution in [0.15, 0.2) is 64.8 Å². The lowest BCUT2D eigenvalue weighted by atomic mass is 9.94. The Balaban J connectivity index is 1.69. The van der Waals surface area contributed by atoms with E-state index in [2.05, 4.69) is 4.98 Å². The maximum Gasteiger partial charge on any atom is 0.267 e. The summed E-state index contributed by atoms with van der Waals surface area (Å²) in [5.74, 6) is 0.0698. The molecule has 1 saturated carbocycles. The second-order valence-electron chi connectivity index (χ2n) is 6.59. The third kappa shape index (κ3) is 3.73. The molecular formula is C21H21N3OS. The molecule has 0 radical (unpaired) electrons. The highest BCUT2D eigenvalue weighted by molar-refractivity contribution is 8.18. The molecule has 1 aromatic carbocycles. The summed E-state index contributed by atoms with van der Waals surface area (Å²) in [5.41, 5.74) is 1.82. The maximum absolute atomic E-state index is 13.1. The predicted octanol–water partition coefficient (Wildman–Crippen LogP) is 5.02. The van der Waals surface area contributed by atoms with E-state index in [4.69, 9.17) is 4.99 Å². The quantitative estimate of drug-likeness (QED) is 0.720. The number of rotatable bonds is 3. The topological polar surface area (TPSA) is 45.6 Å². The van der Waals surface area contributed by atoms with Crippen molar-refractivity contribution >= 4 is 34.6 Å². The van der Waals surface area contributed by atoms with Gasteiger partial charge in [0.25, 0.3) is 5.91 Å². The van der Waals surface area contributed by atoms with E-state index in [0.717, 1.165) is 34.2 Å². The Morgan fingerprint density at radius 2 is 1.88 bits per heavy atom. The second-order valence-corrected chi connectivity index (χ2v) is 7.60. The number of aromatic nitrogens is 1. The van der Waals surface area contributed by atoms with E-state index >= 15 is 0 Å². The van der Waals surface area contributed by atoms with Crippen LogP contribution < -0.4 is 0 Å². The number of amidine groups is 1. The van der Waals surface area contributed by atoms with Gasteiger partial charge in [-0.1, -0.05) is 43.5 Å². The van der Waals surface area contributed by atoms with Crippen LogP contribution in [-0.2, 0) is 4.79 Å². The molecule has 2 aliphatic rings. The Morgan fingerprint density at radius 3 is 2.62 bits per heavy atom. The zero-order valence-electron chi connectivity index (χ0n) is 14.5. The number of thioether (sulfide) groups is 1. The molecule has 132 valence electrons. The van der Waals surface area contributed by atoms with Crippen molar-refractivity contribution < 1.29 is 4.79 Å². The van der Waals surface area contributed by atoms with E-state index in [1.165, 1.54) is 31.0 Å². The maximum atomic E-state index is 13.1. The summed E-state index contributed by atoms with van der Waals surface area (Å²) in [7, 11) is 0. The normalized spacial score (nSPS) is 21.7. The summed E-state index contributed by atoms with van der Waals surface area (Å²) in [5, 5.41) is 0.795. The van der Waals surface area contributed by atoms with Crippen molar-refractivity contribution in [1.82, 2.24) is 9.88 Å². The predicted molar refractivity (Wildman–Crippen MR) is 107 cm³/mol. The molecule has 0 N–H and O–H groups in total. The van der Waals surface area contributed by atoms with Crippen LogP contribution in [-0.4, -0.2) is 27.0 Å². The molecule has 1 aromatic heterocycles. The van der Waals surface area contributed by atoms with Gasteiger partial charge in [-0.05, 0) is 54.4 Å². The fourth-order valence-corrected chi connectivity index (χ4v) is 4.51. The summed E-state index contributed by atoms with van der Waals surface area (Å²) in [4.78, 5) is 24.7. The van der Waals surface area contributed by atoms with Crippen molar-refractivity contribution in [1.29, 1.82) is 0 Å². The number of aliphatic imine (C=N–C) groups is 1. The molecule has 1 aliphatic carbocycles. The standard InChI is InChI=1S/C21H21N3OS/c25-20-19(14-16-8-7-13-22-15-16)26-21(23-17-9-3-1-4-10-17)24(20)18-11-5-2-6-12-18/h1,3-4,7-10,13-15,18H,2,5-6,11-12H2/b19-14-,23-21?. The van der Waals surface area contributed by atoms with Gasteiger partial charge >= 0.3 is 0 Å². The molecule has 0 unspecified atom stereocenters. The van der Waals surface area contributed by atoms with Crippen LogP contribution >= 0.6 is 11.8 Å². The lowest BCUT2D eigenvalue weighted by molar-refractivity contribution is -0.124. The van der Waals surface area contributed by atoms with Gasteiger partial charge in [-0.25, -0.2) is 4.99 Å². The number of amides is 1. The van der Waals surface area contributed by atoms with Gasteiger partial charge in [0.2, 0.25) is 0 Å². The average molecular weight is 363 g/mol. The zero-order valence-corrected chi connectivity index (χ0v) is 15.4. The summed E-state index contributed by atoms with van der Waals surface area (Å²) in [6, 6.07) is 14.0. The Kier molecular flexibility index (Phi) is 5.16. The lowest BCUT2D eigenvalue weighted by Gasteiger charge is -2.30. The second kappa shape index (κ2) is 7.87. The fraction of sp³-hybridized carbons (Fsp3) is 0.286. The minimum absolute atomic E-state index is 0.0698. The molecule has 2 fully saturated rings. The fourth-order valence-electron chi connectivity index (χ4n) is 3.45. The summed E-state index contributed by atoms with van der Waals surface area (Å²) >= 11 is 1.47. The van der Waals surface area contributed by atoms with Crippen molar-refractivity contribution in [2.75, 3.05) is 0 Å². The van der Waals surface area contributed by atoms with E-state index in [1.807, 2.05) is 53.4 Å². The van der Waals surface area contributed by atoms with Gasteiger partial charge in [0.1, 0.15) is 0 Å². The van der Waals surface area contributed by atoms with Gasteiger partial charge in [0, 0.05) is 18.4 Å². The molecule has 2 aromatic rings. The van der Waals surface area contributed by atoms with Gasteiger partial charge < -0.3 is 0 Å². The Hall–Kier alpha value is -2.40. The molecular weight excluding hydrogens is 342 g/mol. The molecule has 0 atom stereocenters. The van der Waals surface area contributed by atoms with Crippen molar-refractivity contribution in [3.05, 3.63) is 65.3 Å². The van der Waals surface area contributed by atoms with Crippen LogP contribution in [0.5, 0.6) is 0 Å². The minimum atomic E-state index is 0.0698. The van der Waals surface area contributed by atoms with Gasteiger partial charge in [0.15, 0.2) is 5.17 Å². The number of benzene rings is 1. The molecule has 4 rings (SSSR count). The average Bonchev–Trinajstić information content (AvgIpc) is 2.99. The van der Waals surface area contributed by atoms with Crippen LogP contribution in [0, 0.1) is 0 Å². The largest absolute Gasteiger partial charge is 0.283 e. The Bertz CT molecular complexity index is 827. The highest BCUT2D eigenvalue weighted by Crippen LogP contribution is 2.38. The molecule has 5 heteroatoms. The van der Waals surface area contributed by atoms with Crippen LogP contribution in [0.4, 0.5) is 5.69 Å². The summed E-state index contributed by atoms with van der Waals surface area (Å²) in [6.07, 6.45) is 11.2. The van der Waals surface area contributed by atoms with E-state index in [9.17, 15) is 4.79 Å². The van der Waals surface area contributed by atoms with Gasteiger partial charge in [0.05, 0.1) is 10.6 Å². The van der Waals surface area contributed by atoms with Crippen molar-refractivity contribution in [2.24, 2.45) is 4.99 Å². The lowest BCUT2D eigenvalue weighted by Crippen LogP contribution is -2.40. The van der Waals surface area contributed by atoms with E-state index in [0.29, 0.717) is 0 Å². The highest BCUT2D eigenvalue weighted by atomic mass is 32.2. The van der Waals surface area contributed by atoms with Gasteiger partial charge in [-0.3, -0.25) is 14.7 Å². The number of para-hydroxylation sites is 1.